The third-order valence-corrected chi connectivity index (χ3v) is 2.14. The molecule has 0 aliphatic rings. The normalized spacial score (nSPS) is 9.00. The van der Waals surface area contributed by atoms with Crippen LogP contribution < -0.4 is 5.32 Å². The van der Waals surface area contributed by atoms with Crippen molar-refractivity contribution in [2.75, 3.05) is 5.32 Å². The Kier molecular flexibility index (Phi) is 7.72. The van der Waals surface area contributed by atoms with E-state index in [1.165, 1.54) is 6.26 Å². The summed E-state index contributed by atoms with van der Waals surface area (Å²) in [5.74, 6) is 0.156. The van der Waals surface area contributed by atoms with E-state index < -0.39 is 0 Å². The Labute approximate surface area is 143 Å². The van der Waals surface area contributed by atoms with E-state index in [-0.39, 0.29) is 57.2 Å². The van der Waals surface area contributed by atoms with Crippen molar-refractivity contribution in [3.05, 3.63) is 47.2 Å². The first-order chi connectivity index (χ1) is 7.66. The third kappa shape index (κ3) is 4.36. The SMILES string of the molecule is Cc1[c-]cc(C(=O)Nc2ccon2)c(C)[c-]1.[V].[Y]. The molecule has 4 nitrogen and oxygen atoms in total. The number of benzene rings is 1. The second-order valence-corrected chi connectivity index (χ2v) is 3.42. The van der Waals surface area contributed by atoms with Gasteiger partial charge >= 0.3 is 0 Å². The number of amides is 1. The van der Waals surface area contributed by atoms with Gasteiger partial charge in [-0.1, -0.05) is 19.0 Å². The summed E-state index contributed by atoms with van der Waals surface area (Å²) in [6.07, 6.45) is 1.40. The van der Waals surface area contributed by atoms with E-state index in [2.05, 4.69) is 27.1 Å². The maximum atomic E-state index is 11.8. The summed E-state index contributed by atoms with van der Waals surface area (Å²) in [6.45, 7) is 3.71. The summed E-state index contributed by atoms with van der Waals surface area (Å²) in [6, 6.07) is 9.21. The molecule has 1 N–H and O–H groups in total. The fourth-order valence-corrected chi connectivity index (χ4v) is 1.37. The first-order valence-corrected chi connectivity index (χ1v) is 4.80. The van der Waals surface area contributed by atoms with Crippen molar-refractivity contribution in [2.45, 2.75) is 13.8 Å². The van der Waals surface area contributed by atoms with Crippen LogP contribution in [0.2, 0.25) is 0 Å². The van der Waals surface area contributed by atoms with Gasteiger partial charge in [0.2, 0.25) is 0 Å². The maximum Gasteiger partial charge on any atom is 0.174 e. The number of nitrogens with one attached hydrogen (secondary N) is 1. The molecule has 0 saturated carbocycles. The molecule has 1 amide bonds. The molecule has 0 aliphatic heterocycles. The zero-order valence-corrected chi connectivity index (χ0v) is 14.3. The summed E-state index contributed by atoms with van der Waals surface area (Å²) >= 11 is 0. The van der Waals surface area contributed by atoms with Crippen molar-refractivity contribution in [3.63, 3.8) is 0 Å². The summed E-state index contributed by atoms with van der Waals surface area (Å²) in [5.41, 5.74) is 2.21. The summed E-state index contributed by atoms with van der Waals surface area (Å²) in [7, 11) is 0. The molecule has 0 fully saturated rings. The molecular formula is C12H10N2O2VY-2. The number of rotatable bonds is 2. The van der Waals surface area contributed by atoms with Crippen LogP contribution in [0.15, 0.2) is 22.9 Å². The molecule has 1 aromatic heterocycles. The van der Waals surface area contributed by atoms with Gasteiger partial charge in [0.25, 0.3) is 0 Å². The van der Waals surface area contributed by atoms with E-state index >= 15 is 0 Å². The predicted octanol–water partition coefficient (Wildman–Crippen LogP) is 2.14. The van der Waals surface area contributed by atoms with Crippen LogP contribution in [0.25, 0.3) is 0 Å². The summed E-state index contributed by atoms with van der Waals surface area (Å²) < 4.78 is 4.62. The van der Waals surface area contributed by atoms with Crippen molar-refractivity contribution in [2.24, 2.45) is 0 Å². The number of hydrogen-bond donors (Lipinski definition) is 1. The molecule has 1 aromatic carbocycles. The second-order valence-electron chi connectivity index (χ2n) is 3.42. The van der Waals surface area contributed by atoms with E-state index in [0.29, 0.717) is 11.4 Å². The topological polar surface area (TPSA) is 55.1 Å². The molecule has 2 radical (unpaired) electrons. The van der Waals surface area contributed by atoms with E-state index in [1.807, 2.05) is 13.8 Å². The van der Waals surface area contributed by atoms with Crippen LogP contribution in [0.4, 0.5) is 5.82 Å². The molecule has 1 heterocycles. The molecule has 2 aromatic rings. The van der Waals surface area contributed by atoms with Gasteiger partial charge in [-0.05, 0) is 0 Å². The molecule has 0 aliphatic carbocycles. The van der Waals surface area contributed by atoms with Crippen LogP contribution in [-0.2, 0) is 51.3 Å². The minimum atomic E-state index is -0.237. The molecule has 0 unspecified atom stereocenters. The van der Waals surface area contributed by atoms with Crippen molar-refractivity contribution >= 4 is 11.7 Å². The maximum absolute atomic E-state index is 11.8. The number of anilines is 1. The van der Waals surface area contributed by atoms with Crippen molar-refractivity contribution in [1.29, 1.82) is 0 Å². The van der Waals surface area contributed by atoms with Crippen molar-refractivity contribution in [3.8, 4) is 0 Å². The number of nitrogens with zero attached hydrogens (tertiary/aromatic N) is 1. The van der Waals surface area contributed by atoms with E-state index in [0.717, 1.165) is 11.1 Å². The van der Waals surface area contributed by atoms with E-state index in [1.54, 1.807) is 12.1 Å². The molecule has 18 heavy (non-hydrogen) atoms. The fraction of sp³-hybridized carbons (Fsp3) is 0.167. The van der Waals surface area contributed by atoms with Crippen molar-refractivity contribution in [1.82, 2.24) is 5.16 Å². The molecule has 0 saturated heterocycles. The second kappa shape index (κ2) is 7.90. The van der Waals surface area contributed by atoms with Gasteiger partial charge in [0.1, 0.15) is 12.2 Å². The Balaban J connectivity index is 0.00000144. The van der Waals surface area contributed by atoms with Crippen LogP contribution in [0.3, 0.4) is 0 Å². The monoisotopic (exact) mass is 354 g/mol. The van der Waals surface area contributed by atoms with Gasteiger partial charge < -0.3 is 22.0 Å². The van der Waals surface area contributed by atoms with Gasteiger partial charge in [0.15, 0.2) is 5.82 Å². The Bertz CT molecular complexity index is 515. The fourth-order valence-electron chi connectivity index (χ4n) is 1.37. The Hall–Kier alpha value is -0.412. The molecule has 2 rings (SSSR count). The predicted molar refractivity (Wildman–Crippen MR) is 58.0 cm³/mol. The molecular weight excluding hydrogens is 344 g/mol. The van der Waals surface area contributed by atoms with Gasteiger partial charge in [-0.15, -0.1) is 0 Å². The van der Waals surface area contributed by atoms with E-state index in [4.69, 9.17) is 0 Å². The Morgan fingerprint density at radius 1 is 1.44 bits per heavy atom. The quantitative estimate of drug-likeness (QED) is 0.841. The van der Waals surface area contributed by atoms with Crippen molar-refractivity contribution < 1.29 is 60.6 Å². The summed E-state index contributed by atoms with van der Waals surface area (Å²) in [5, 5.41) is 6.22. The van der Waals surface area contributed by atoms with Crippen LogP contribution >= 0.6 is 0 Å². The van der Waals surface area contributed by atoms with Gasteiger partial charge in [-0.3, -0.25) is 22.0 Å². The molecule has 6 heteroatoms. The van der Waals surface area contributed by atoms with Crippen LogP contribution in [0, 0.1) is 26.0 Å². The Morgan fingerprint density at radius 2 is 2.17 bits per heavy atom. The molecule has 90 valence electrons. The smallest absolute Gasteiger partial charge is 0.174 e. The Morgan fingerprint density at radius 3 is 2.72 bits per heavy atom. The number of aryl methyl sites for hydroxylation is 2. The minimum absolute atomic E-state index is 0. The molecule has 0 bridgehead atoms. The van der Waals surface area contributed by atoms with Crippen LogP contribution in [0.5, 0.6) is 0 Å². The molecule has 0 atom stereocenters. The first-order valence-electron chi connectivity index (χ1n) is 4.80. The average Bonchev–Trinajstić information content (AvgIpc) is 2.70. The van der Waals surface area contributed by atoms with Gasteiger partial charge in [-0.25, -0.2) is 0 Å². The largest absolute Gasteiger partial charge is 0.363 e. The number of hydrogen-bond acceptors (Lipinski definition) is 3. The third-order valence-electron chi connectivity index (χ3n) is 2.14. The molecule has 0 spiro atoms. The van der Waals surface area contributed by atoms with E-state index in [9.17, 15) is 4.79 Å². The average molecular weight is 354 g/mol. The standard InChI is InChI=1S/C12H10N2O2.V.Y/c1-8-3-4-10(9(2)7-8)12(15)13-11-5-6-16-14-11;;/h4-6H,1-2H3,(H,13,14,15);;/q-2;;. The minimum Gasteiger partial charge on any atom is -0.363 e. The van der Waals surface area contributed by atoms with Gasteiger partial charge in [0.05, 0.1) is 0 Å². The van der Waals surface area contributed by atoms with Crippen LogP contribution in [0.1, 0.15) is 21.5 Å². The first kappa shape index (κ1) is 17.6. The van der Waals surface area contributed by atoms with Gasteiger partial charge in [0, 0.05) is 57.3 Å². The number of carbonyl (C=O) groups excluding carboxylic acids is 1. The zero-order chi connectivity index (χ0) is 11.5. The van der Waals surface area contributed by atoms with Gasteiger partial charge in [-0.2, -0.15) is 5.56 Å². The zero-order valence-electron chi connectivity index (χ0n) is 10.0. The number of carbonyl (C=O) groups is 1. The summed E-state index contributed by atoms with van der Waals surface area (Å²) in [4.78, 5) is 11.8. The number of aromatic nitrogens is 1. The van der Waals surface area contributed by atoms with Crippen LogP contribution in [-0.4, -0.2) is 11.1 Å².